The van der Waals surface area contributed by atoms with Crippen LogP contribution in [0, 0.1) is 5.92 Å². The van der Waals surface area contributed by atoms with Crippen LogP contribution in [0.4, 0.5) is 0 Å². The zero-order chi connectivity index (χ0) is 10.4. The number of hydrogen-bond acceptors (Lipinski definition) is 3. The maximum absolute atomic E-state index is 11.3. The van der Waals surface area contributed by atoms with Crippen LogP contribution in [-0.2, 0) is 9.53 Å². The predicted octanol–water partition coefficient (Wildman–Crippen LogP) is 0.137. The monoisotopic (exact) mass is 200 g/mol. The van der Waals surface area contributed by atoms with Crippen molar-refractivity contribution in [1.82, 2.24) is 10.6 Å². The highest BCUT2D eigenvalue weighted by molar-refractivity contribution is 5.77. The van der Waals surface area contributed by atoms with E-state index in [1.165, 1.54) is 0 Å². The zero-order valence-electron chi connectivity index (χ0n) is 9.01. The van der Waals surface area contributed by atoms with Gasteiger partial charge in [-0.3, -0.25) is 4.79 Å². The lowest BCUT2D eigenvalue weighted by Crippen LogP contribution is -2.40. The van der Waals surface area contributed by atoms with Gasteiger partial charge in [-0.05, 0) is 12.3 Å². The van der Waals surface area contributed by atoms with E-state index in [2.05, 4.69) is 24.5 Å². The van der Waals surface area contributed by atoms with Crippen molar-refractivity contribution in [1.29, 1.82) is 0 Å². The van der Waals surface area contributed by atoms with Gasteiger partial charge in [-0.2, -0.15) is 0 Å². The molecule has 1 unspecified atom stereocenters. The third kappa shape index (κ3) is 4.58. The Kier molecular flexibility index (Phi) is 4.90. The number of hydrogen-bond donors (Lipinski definition) is 2. The fraction of sp³-hybridized carbons (Fsp3) is 0.900. The molecule has 0 bridgehead atoms. The third-order valence-corrected chi connectivity index (χ3v) is 2.19. The van der Waals surface area contributed by atoms with Crippen molar-refractivity contribution in [2.45, 2.75) is 26.3 Å². The SMILES string of the molecule is CC(C)CNC(=O)CNC1CCOC1. The van der Waals surface area contributed by atoms with E-state index < -0.39 is 0 Å². The lowest BCUT2D eigenvalue weighted by atomic mass is 10.2. The molecule has 1 fully saturated rings. The van der Waals surface area contributed by atoms with Gasteiger partial charge in [0.1, 0.15) is 0 Å². The lowest BCUT2D eigenvalue weighted by molar-refractivity contribution is -0.120. The van der Waals surface area contributed by atoms with Crippen molar-refractivity contribution < 1.29 is 9.53 Å². The van der Waals surface area contributed by atoms with Gasteiger partial charge in [-0.25, -0.2) is 0 Å². The van der Waals surface area contributed by atoms with E-state index in [-0.39, 0.29) is 5.91 Å². The van der Waals surface area contributed by atoms with E-state index in [9.17, 15) is 4.79 Å². The number of amides is 1. The van der Waals surface area contributed by atoms with Crippen molar-refractivity contribution in [3.63, 3.8) is 0 Å². The van der Waals surface area contributed by atoms with E-state index >= 15 is 0 Å². The molecule has 1 aliphatic rings. The summed E-state index contributed by atoms with van der Waals surface area (Å²) >= 11 is 0. The van der Waals surface area contributed by atoms with Crippen LogP contribution in [0.2, 0.25) is 0 Å². The number of rotatable bonds is 5. The van der Waals surface area contributed by atoms with Crippen LogP contribution >= 0.6 is 0 Å². The van der Waals surface area contributed by atoms with Crippen molar-refractivity contribution in [2.24, 2.45) is 5.92 Å². The molecule has 1 amide bonds. The smallest absolute Gasteiger partial charge is 0.233 e. The average molecular weight is 200 g/mol. The Hall–Kier alpha value is -0.610. The van der Waals surface area contributed by atoms with E-state index in [1.807, 2.05) is 0 Å². The molecule has 2 N–H and O–H groups in total. The minimum Gasteiger partial charge on any atom is -0.380 e. The Morgan fingerprint density at radius 1 is 1.57 bits per heavy atom. The molecule has 0 spiro atoms. The molecule has 4 nitrogen and oxygen atoms in total. The van der Waals surface area contributed by atoms with Crippen LogP contribution in [-0.4, -0.2) is 38.3 Å². The van der Waals surface area contributed by atoms with Gasteiger partial charge < -0.3 is 15.4 Å². The van der Waals surface area contributed by atoms with Gasteiger partial charge in [-0.1, -0.05) is 13.8 Å². The molecule has 4 heteroatoms. The minimum absolute atomic E-state index is 0.0746. The van der Waals surface area contributed by atoms with Crippen molar-refractivity contribution in [2.75, 3.05) is 26.3 Å². The highest BCUT2D eigenvalue weighted by atomic mass is 16.5. The summed E-state index contributed by atoms with van der Waals surface area (Å²) in [5, 5.41) is 6.03. The minimum atomic E-state index is 0.0746. The molecule has 1 atom stereocenters. The molecule has 1 rings (SSSR count). The molecule has 0 aliphatic carbocycles. The van der Waals surface area contributed by atoms with Crippen molar-refractivity contribution in [3.05, 3.63) is 0 Å². The molecular formula is C10H20N2O2. The van der Waals surface area contributed by atoms with Crippen LogP contribution in [0.5, 0.6) is 0 Å². The van der Waals surface area contributed by atoms with Gasteiger partial charge in [-0.15, -0.1) is 0 Å². The number of carbonyl (C=O) groups excluding carboxylic acids is 1. The van der Waals surface area contributed by atoms with Gasteiger partial charge in [0.15, 0.2) is 0 Å². The third-order valence-electron chi connectivity index (χ3n) is 2.19. The summed E-state index contributed by atoms with van der Waals surface area (Å²) < 4.78 is 5.19. The highest BCUT2D eigenvalue weighted by Gasteiger charge is 2.15. The largest absolute Gasteiger partial charge is 0.380 e. The molecule has 0 aromatic heterocycles. The fourth-order valence-electron chi connectivity index (χ4n) is 1.31. The van der Waals surface area contributed by atoms with Gasteiger partial charge >= 0.3 is 0 Å². The molecule has 1 aliphatic heterocycles. The fourth-order valence-corrected chi connectivity index (χ4v) is 1.31. The summed E-state index contributed by atoms with van der Waals surface area (Å²) in [7, 11) is 0. The summed E-state index contributed by atoms with van der Waals surface area (Å²) in [6.45, 7) is 6.86. The molecule has 1 heterocycles. The summed E-state index contributed by atoms with van der Waals surface area (Å²) in [6.07, 6.45) is 1.01. The van der Waals surface area contributed by atoms with E-state index in [0.717, 1.165) is 26.2 Å². The Labute approximate surface area is 85.4 Å². The number of nitrogens with one attached hydrogen (secondary N) is 2. The van der Waals surface area contributed by atoms with Crippen LogP contribution in [0.15, 0.2) is 0 Å². The topological polar surface area (TPSA) is 50.4 Å². The first kappa shape index (κ1) is 11.5. The standard InChI is InChI=1S/C10H20N2O2/c1-8(2)5-12-10(13)6-11-9-3-4-14-7-9/h8-9,11H,3-7H2,1-2H3,(H,12,13). The maximum atomic E-state index is 11.3. The van der Waals surface area contributed by atoms with E-state index in [4.69, 9.17) is 4.74 Å². The molecule has 82 valence electrons. The Morgan fingerprint density at radius 2 is 2.36 bits per heavy atom. The lowest BCUT2D eigenvalue weighted by Gasteiger charge is -2.11. The van der Waals surface area contributed by atoms with E-state index in [1.54, 1.807) is 0 Å². The molecule has 1 saturated heterocycles. The first-order valence-corrected chi connectivity index (χ1v) is 5.26. The quantitative estimate of drug-likeness (QED) is 0.663. The zero-order valence-corrected chi connectivity index (χ0v) is 9.01. The van der Waals surface area contributed by atoms with Gasteiger partial charge in [0.05, 0.1) is 13.2 Å². The summed E-state index contributed by atoms with van der Waals surface area (Å²) in [5.74, 6) is 0.583. The second kappa shape index (κ2) is 5.98. The van der Waals surface area contributed by atoms with Crippen molar-refractivity contribution in [3.8, 4) is 0 Å². The predicted molar refractivity (Wildman–Crippen MR) is 55.1 cm³/mol. The van der Waals surface area contributed by atoms with Crippen LogP contribution in [0.25, 0.3) is 0 Å². The Morgan fingerprint density at radius 3 is 2.93 bits per heavy atom. The molecule has 0 radical (unpaired) electrons. The first-order chi connectivity index (χ1) is 6.68. The second-order valence-electron chi connectivity index (χ2n) is 4.14. The van der Waals surface area contributed by atoms with Gasteiger partial charge in [0, 0.05) is 19.2 Å². The first-order valence-electron chi connectivity index (χ1n) is 5.26. The Bertz CT molecular complexity index is 177. The second-order valence-corrected chi connectivity index (χ2v) is 4.14. The van der Waals surface area contributed by atoms with Gasteiger partial charge in [0.25, 0.3) is 0 Å². The number of ether oxygens (including phenoxy) is 1. The normalized spacial score (nSPS) is 21.5. The molecule has 0 saturated carbocycles. The number of carbonyl (C=O) groups is 1. The molecule has 0 aromatic rings. The summed E-state index contributed by atoms with van der Waals surface area (Å²) in [5.41, 5.74) is 0. The van der Waals surface area contributed by atoms with E-state index in [0.29, 0.717) is 18.5 Å². The molecule has 14 heavy (non-hydrogen) atoms. The van der Waals surface area contributed by atoms with Crippen LogP contribution in [0.1, 0.15) is 20.3 Å². The highest BCUT2D eigenvalue weighted by Crippen LogP contribution is 2.02. The molecule has 0 aromatic carbocycles. The van der Waals surface area contributed by atoms with Crippen LogP contribution < -0.4 is 10.6 Å². The van der Waals surface area contributed by atoms with Crippen molar-refractivity contribution >= 4 is 5.91 Å². The summed E-state index contributed by atoms with van der Waals surface area (Å²) in [4.78, 5) is 11.3. The van der Waals surface area contributed by atoms with Gasteiger partial charge in [0.2, 0.25) is 5.91 Å². The molecular weight excluding hydrogens is 180 g/mol. The summed E-state index contributed by atoms with van der Waals surface area (Å²) in [6, 6.07) is 0.361. The maximum Gasteiger partial charge on any atom is 0.233 e. The average Bonchev–Trinajstić information content (AvgIpc) is 2.63. The Balaban J connectivity index is 2.02. The van der Waals surface area contributed by atoms with Crippen LogP contribution in [0.3, 0.4) is 0 Å².